The van der Waals surface area contributed by atoms with E-state index in [9.17, 15) is 14.9 Å². The molecule has 7 heteroatoms. The third-order valence-electron chi connectivity index (χ3n) is 3.85. The van der Waals surface area contributed by atoms with Gasteiger partial charge in [-0.1, -0.05) is 18.0 Å². The van der Waals surface area contributed by atoms with Gasteiger partial charge >= 0.3 is 5.97 Å². The van der Waals surface area contributed by atoms with E-state index in [2.05, 4.69) is 5.32 Å². The number of carboxylic acids is 1. The summed E-state index contributed by atoms with van der Waals surface area (Å²) in [5, 5.41) is 23.6. The first-order chi connectivity index (χ1) is 9.97. The Morgan fingerprint density at radius 1 is 1.48 bits per heavy atom. The van der Waals surface area contributed by atoms with Gasteiger partial charge in [0.05, 0.1) is 10.8 Å². The van der Waals surface area contributed by atoms with E-state index in [0.29, 0.717) is 30.0 Å². The van der Waals surface area contributed by atoms with Gasteiger partial charge < -0.3 is 10.4 Å². The van der Waals surface area contributed by atoms with Crippen LogP contribution >= 0.6 is 11.6 Å². The average molecular weight is 313 g/mol. The molecule has 114 valence electrons. The molecule has 1 saturated carbocycles. The van der Waals surface area contributed by atoms with Crippen LogP contribution in [-0.2, 0) is 11.3 Å². The molecule has 0 saturated heterocycles. The molecule has 0 spiro atoms. The molecule has 0 aliphatic heterocycles. The number of nitrogens with one attached hydrogen (secondary N) is 1. The number of benzene rings is 1. The summed E-state index contributed by atoms with van der Waals surface area (Å²) in [4.78, 5) is 21.6. The minimum absolute atomic E-state index is 0.0133. The van der Waals surface area contributed by atoms with Crippen molar-refractivity contribution < 1.29 is 14.8 Å². The smallest absolute Gasteiger partial charge is 0.306 e. The average Bonchev–Trinajstić information content (AvgIpc) is 2.46. The van der Waals surface area contributed by atoms with Crippen LogP contribution in [0.4, 0.5) is 5.69 Å². The molecule has 0 radical (unpaired) electrons. The summed E-state index contributed by atoms with van der Waals surface area (Å²) in [7, 11) is 0. The molecular weight excluding hydrogens is 296 g/mol. The molecule has 0 bridgehead atoms. The molecule has 1 aliphatic carbocycles. The molecule has 21 heavy (non-hydrogen) atoms. The molecule has 2 atom stereocenters. The van der Waals surface area contributed by atoms with Gasteiger partial charge in [-0.3, -0.25) is 14.9 Å². The highest BCUT2D eigenvalue weighted by Gasteiger charge is 2.27. The maximum Gasteiger partial charge on any atom is 0.306 e. The number of hydrogen-bond acceptors (Lipinski definition) is 4. The topological polar surface area (TPSA) is 92.5 Å². The second kappa shape index (κ2) is 6.87. The Balaban J connectivity index is 2.00. The number of nitrogens with zero attached hydrogens (tertiary/aromatic N) is 1. The standard InChI is InChI=1S/C14H17ClN2O4/c15-11-5-4-10(13(7-11)17(20)21)8-16-12-3-1-2-9(6-12)14(18)19/h4-5,7,9,12,16H,1-3,6,8H2,(H,18,19). The lowest BCUT2D eigenvalue weighted by Crippen LogP contribution is -2.36. The summed E-state index contributed by atoms with van der Waals surface area (Å²) in [5.74, 6) is -1.09. The Kier molecular flexibility index (Phi) is 5.14. The fourth-order valence-corrected chi connectivity index (χ4v) is 2.88. The summed E-state index contributed by atoms with van der Waals surface area (Å²) < 4.78 is 0. The van der Waals surface area contributed by atoms with Gasteiger partial charge in [-0.15, -0.1) is 0 Å². The fourth-order valence-electron chi connectivity index (χ4n) is 2.71. The molecule has 0 amide bonds. The van der Waals surface area contributed by atoms with Gasteiger partial charge in [-0.05, 0) is 31.4 Å². The third kappa shape index (κ3) is 4.15. The van der Waals surface area contributed by atoms with Gasteiger partial charge in [0, 0.05) is 29.2 Å². The SMILES string of the molecule is O=C(O)C1CCCC(NCc2ccc(Cl)cc2[N+](=O)[O-])C1. The summed E-state index contributed by atoms with van der Waals surface area (Å²) in [6, 6.07) is 4.66. The minimum atomic E-state index is -0.765. The van der Waals surface area contributed by atoms with Crippen molar-refractivity contribution in [3.8, 4) is 0 Å². The van der Waals surface area contributed by atoms with Crippen LogP contribution in [0.1, 0.15) is 31.2 Å². The van der Waals surface area contributed by atoms with Crippen LogP contribution in [-0.4, -0.2) is 22.0 Å². The number of rotatable bonds is 5. The number of hydrogen-bond donors (Lipinski definition) is 2. The Bertz CT molecular complexity index is 550. The lowest BCUT2D eigenvalue weighted by atomic mass is 9.85. The van der Waals surface area contributed by atoms with E-state index in [0.717, 1.165) is 12.8 Å². The Labute approximate surface area is 127 Å². The summed E-state index contributed by atoms with van der Waals surface area (Å²) in [6.45, 7) is 0.338. The lowest BCUT2D eigenvalue weighted by molar-refractivity contribution is -0.385. The zero-order valence-corrected chi connectivity index (χ0v) is 12.2. The van der Waals surface area contributed by atoms with E-state index in [1.165, 1.54) is 6.07 Å². The Morgan fingerprint density at radius 2 is 2.24 bits per heavy atom. The van der Waals surface area contributed by atoms with Crippen molar-refractivity contribution in [2.75, 3.05) is 0 Å². The van der Waals surface area contributed by atoms with Crippen molar-refractivity contribution in [1.29, 1.82) is 0 Å². The maximum atomic E-state index is 11.0. The van der Waals surface area contributed by atoms with Gasteiger partial charge in [-0.25, -0.2) is 0 Å². The second-order valence-corrected chi connectivity index (χ2v) is 5.75. The number of aliphatic carboxylic acids is 1. The number of nitro benzene ring substituents is 1. The normalized spacial score (nSPS) is 22.0. The van der Waals surface area contributed by atoms with Crippen molar-refractivity contribution in [2.45, 2.75) is 38.3 Å². The predicted molar refractivity (Wildman–Crippen MR) is 78.3 cm³/mol. The van der Waals surface area contributed by atoms with Gasteiger partial charge in [0.15, 0.2) is 0 Å². The number of carbonyl (C=O) groups is 1. The molecule has 0 heterocycles. The van der Waals surface area contributed by atoms with Crippen molar-refractivity contribution >= 4 is 23.3 Å². The third-order valence-corrected chi connectivity index (χ3v) is 4.08. The molecule has 0 aromatic heterocycles. The van der Waals surface area contributed by atoms with Crippen LogP contribution in [0.3, 0.4) is 0 Å². The highest BCUT2D eigenvalue weighted by atomic mass is 35.5. The first kappa shape index (κ1) is 15.7. The molecule has 1 aromatic carbocycles. The molecule has 6 nitrogen and oxygen atoms in total. The summed E-state index contributed by atoms with van der Waals surface area (Å²) >= 11 is 5.77. The van der Waals surface area contributed by atoms with Crippen LogP contribution < -0.4 is 5.32 Å². The number of halogens is 1. The van der Waals surface area contributed by atoms with Crippen LogP contribution in [0.15, 0.2) is 18.2 Å². The van der Waals surface area contributed by atoms with Gasteiger partial charge in [0.2, 0.25) is 0 Å². The second-order valence-electron chi connectivity index (χ2n) is 5.31. The summed E-state index contributed by atoms with van der Waals surface area (Å²) in [6.07, 6.45) is 3.02. The van der Waals surface area contributed by atoms with E-state index in [1.807, 2.05) is 0 Å². The van der Waals surface area contributed by atoms with Crippen LogP contribution in [0.5, 0.6) is 0 Å². The molecule has 2 rings (SSSR count). The zero-order chi connectivity index (χ0) is 15.4. The first-order valence-corrected chi connectivity index (χ1v) is 7.24. The molecule has 2 N–H and O–H groups in total. The fraction of sp³-hybridized carbons (Fsp3) is 0.500. The Hall–Kier alpha value is -1.66. The van der Waals surface area contributed by atoms with E-state index < -0.39 is 10.9 Å². The van der Waals surface area contributed by atoms with Gasteiger partial charge in [-0.2, -0.15) is 0 Å². The number of carboxylic acid groups (broad SMARTS) is 1. The molecule has 1 aliphatic rings. The zero-order valence-electron chi connectivity index (χ0n) is 11.4. The molecular formula is C14H17ClN2O4. The van der Waals surface area contributed by atoms with E-state index >= 15 is 0 Å². The van der Waals surface area contributed by atoms with Gasteiger partial charge in [0.25, 0.3) is 5.69 Å². The Morgan fingerprint density at radius 3 is 2.90 bits per heavy atom. The van der Waals surface area contributed by atoms with Crippen molar-refractivity contribution in [3.05, 3.63) is 38.9 Å². The number of nitro groups is 1. The molecule has 1 fully saturated rings. The van der Waals surface area contributed by atoms with E-state index in [1.54, 1.807) is 12.1 Å². The highest BCUT2D eigenvalue weighted by molar-refractivity contribution is 6.30. The van der Waals surface area contributed by atoms with Crippen molar-refractivity contribution in [3.63, 3.8) is 0 Å². The van der Waals surface area contributed by atoms with Crippen LogP contribution in [0.25, 0.3) is 0 Å². The quantitative estimate of drug-likeness (QED) is 0.644. The molecule has 1 aromatic rings. The minimum Gasteiger partial charge on any atom is -0.481 e. The van der Waals surface area contributed by atoms with Crippen molar-refractivity contribution in [2.24, 2.45) is 5.92 Å². The van der Waals surface area contributed by atoms with E-state index in [4.69, 9.17) is 16.7 Å². The summed E-state index contributed by atoms with van der Waals surface area (Å²) in [5.41, 5.74) is 0.544. The van der Waals surface area contributed by atoms with Gasteiger partial charge in [0.1, 0.15) is 0 Å². The first-order valence-electron chi connectivity index (χ1n) is 6.86. The monoisotopic (exact) mass is 312 g/mol. The maximum absolute atomic E-state index is 11.0. The van der Waals surface area contributed by atoms with E-state index in [-0.39, 0.29) is 17.6 Å². The van der Waals surface area contributed by atoms with Crippen LogP contribution in [0.2, 0.25) is 5.02 Å². The largest absolute Gasteiger partial charge is 0.481 e. The van der Waals surface area contributed by atoms with Crippen molar-refractivity contribution in [1.82, 2.24) is 5.32 Å². The highest BCUT2D eigenvalue weighted by Crippen LogP contribution is 2.26. The lowest BCUT2D eigenvalue weighted by Gasteiger charge is -2.27. The predicted octanol–water partition coefficient (Wildman–Crippen LogP) is 2.98. The van der Waals surface area contributed by atoms with Crippen LogP contribution in [0, 0.1) is 16.0 Å². The molecule has 2 unspecified atom stereocenters.